The summed E-state index contributed by atoms with van der Waals surface area (Å²) in [6, 6.07) is 3.34. The Morgan fingerprint density at radius 3 is 2.88 bits per heavy atom. The van der Waals surface area contributed by atoms with Crippen LogP contribution in [0.3, 0.4) is 0 Å². The predicted molar refractivity (Wildman–Crippen MR) is 101 cm³/mol. The van der Waals surface area contributed by atoms with Crippen LogP contribution < -0.4 is 0 Å². The van der Waals surface area contributed by atoms with Gasteiger partial charge in [-0.15, -0.1) is 0 Å². The number of aromatic carboxylic acids is 1. The number of aryl methyl sites for hydroxylation is 1. The summed E-state index contributed by atoms with van der Waals surface area (Å²) >= 11 is 0. The SMILES string of the molecule is CCCC/C=C/C=C(/C)[C@H]1CCC(=O)N1CCCc1ccc(C(=O)O)o1. The lowest BCUT2D eigenvalue weighted by Crippen LogP contribution is -2.34. The van der Waals surface area contributed by atoms with Gasteiger partial charge in [0.05, 0.1) is 6.04 Å². The Morgan fingerprint density at radius 1 is 1.38 bits per heavy atom. The molecule has 0 saturated carbocycles. The molecule has 1 atom stereocenters. The van der Waals surface area contributed by atoms with Gasteiger partial charge in [-0.2, -0.15) is 0 Å². The largest absolute Gasteiger partial charge is 0.475 e. The first-order valence-electron chi connectivity index (χ1n) is 9.47. The van der Waals surface area contributed by atoms with Gasteiger partial charge in [-0.25, -0.2) is 4.79 Å². The van der Waals surface area contributed by atoms with Gasteiger partial charge in [-0.1, -0.05) is 43.6 Å². The van der Waals surface area contributed by atoms with Crippen LogP contribution >= 0.6 is 0 Å². The highest BCUT2D eigenvalue weighted by Gasteiger charge is 2.31. The first-order valence-corrected chi connectivity index (χ1v) is 9.47. The standard InChI is InChI=1S/C21H29NO4/c1-3-4-5-6-7-9-16(2)18-12-14-20(23)22(18)15-8-10-17-11-13-19(26-17)21(24)25/h6-7,9,11,13,18H,3-5,8,10,12,14-15H2,1-2H3,(H,24,25)/b7-6+,16-9-/t18-/m1/s1. The van der Waals surface area contributed by atoms with Crippen LogP contribution in [0.5, 0.6) is 0 Å². The van der Waals surface area contributed by atoms with Crippen molar-refractivity contribution in [1.29, 1.82) is 0 Å². The first kappa shape index (κ1) is 20.0. The fourth-order valence-corrected chi connectivity index (χ4v) is 3.29. The molecular weight excluding hydrogens is 330 g/mol. The lowest BCUT2D eigenvalue weighted by Gasteiger charge is -2.25. The van der Waals surface area contributed by atoms with E-state index >= 15 is 0 Å². The molecule has 2 heterocycles. The quantitative estimate of drug-likeness (QED) is 0.490. The Bertz CT molecular complexity index is 671. The van der Waals surface area contributed by atoms with E-state index in [2.05, 4.69) is 32.1 Å². The smallest absolute Gasteiger partial charge is 0.371 e. The maximum Gasteiger partial charge on any atom is 0.371 e. The number of carboxylic acids is 1. The number of furan rings is 1. The monoisotopic (exact) mass is 359 g/mol. The molecule has 0 unspecified atom stereocenters. The highest BCUT2D eigenvalue weighted by molar-refractivity contribution is 5.84. The zero-order valence-corrected chi connectivity index (χ0v) is 15.7. The summed E-state index contributed by atoms with van der Waals surface area (Å²) in [5.74, 6) is -0.248. The van der Waals surface area contributed by atoms with Crippen molar-refractivity contribution in [3.05, 3.63) is 47.5 Å². The second kappa shape index (κ2) is 10.00. The van der Waals surface area contributed by atoms with Crippen molar-refractivity contribution in [2.24, 2.45) is 0 Å². The number of allylic oxidation sites excluding steroid dienone is 3. The van der Waals surface area contributed by atoms with E-state index in [1.165, 1.54) is 24.5 Å². The van der Waals surface area contributed by atoms with Gasteiger partial charge in [0.2, 0.25) is 11.7 Å². The number of carboxylic acid groups (broad SMARTS) is 1. The number of unbranched alkanes of at least 4 members (excludes halogenated alkanes) is 2. The van der Waals surface area contributed by atoms with Gasteiger partial charge in [-0.05, 0) is 38.3 Å². The summed E-state index contributed by atoms with van der Waals surface area (Å²) in [5, 5.41) is 8.89. The zero-order valence-electron chi connectivity index (χ0n) is 15.7. The Balaban J connectivity index is 1.87. The number of nitrogens with zero attached hydrogens (tertiary/aromatic N) is 1. The molecule has 1 saturated heterocycles. The Kier molecular flexibility index (Phi) is 7.70. The number of carbonyl (C=O) groups is 2. The lowest BCUT2D eigenvalue weighted by atomic mass is 10.1. The summed E-state index contributed by atoms with van der Waals surface area (Å²) in [4.78, 5) is 25.0. The number of hydrogen-bond acceptors (Lipinski definition) is 3. The van der Waals surface area contributed by atoms with Gasteiger partial charge in [-0.3, -0.25) is 4.79 Å². The van der Waals surface area contributed by atoms with E-state index < -0.39 is 5.97 Å². The van der Waals surface area contributed by atoms with Gasteiger partial charge < -0.3 is 14.4 Å². The average Bonchev–Trinajstić information content (AvgIpc) is 3.22. The molecule has 0 spiro atoms. The number of hydrogen-bond donors (Lipinski definition) is 1. The molecule has 1 aliphatic heterocycles. The normalized spacial score (nSPS) is 18.2. The molecule has 26 heavy (non-hydrogen) atoms. The molecule has 0 bridgehead atoms. The van der Waals surface area contributed by atoms with Crippen molar-refractivity contribution in [2.75, 3.05) is 6.54 Å². The molecule has 1 N–H and O–H groups in total. The number of likely N-dealkylation sites (tertiary alicyclic amines) is 1. The fourth-order valence-electron chi connectivity index (χ4n) is 3.29. The minimum atomic E-state index is -1.06. The van der Waals surface area contributed by atoms with E-state index in [4.69, 9.17) is 9.52 Å². The van der Waals surface area contributed by atoms with Crippen molar-refractivity contribution in [1.82, 2.24) is 4.90 Å². The molecule has 1 aromatic heterocycles. The lowest BCUT2D eigenvalue weighted by molar-refractivity contribution is -0.128. The van der Waals surface area contributed by atoms with Crippen molar-refractivity contribution in [3.8, 4) is 0 Å². The number of amides is 1. The van der Waals surface area contributed by atoms with Crippen LogP contribution in [0.15, 0.2) is 40.4 Å². The van der Waals surface area contributed by atoms with Crippen LogP contribution in [-0.4, -0.2) is 34.5 Å². The van der Waals surface area contributed by atoms with Gasteiger partial charge in [0.15, 0.2) is 0 Å². The summed E-state index contributed by atoms with van der Waals surface area (Å²) < 4.78 is 5.27. The van der Waals surface area contributed by atoms with Crippen LogP contribution in [0.1, 0.15) is 68.7 Å². The molecule has 142 valence electrons. The molecular formula is C21H29NO4. The van der Waals surface area contributed by atoms with Crippen molar-refractivity contribution >= 4 is 11.9 Å². The van der Waals surface area contributed by atoms with E-state index in [0.29, 0.717) is 25.1 Å². The molecule has 2 rings (SSSR count). The molecule has 1 fully saturated rings. The molecule has 1 aromatic rings. The van der Waals surface area contributed by atoms with Crippen LogP contribution in [0.4, 0.5) is 0 Å². The highest BCUT2D eigenvalue weighted by Crippen LogP contribution is 2.25. The molecule has 0 radical (unpaired) electrons. The maximum atomic E-state index is 12.2. The van der Waals surface area contributed by atoms with Gasteiger partial charge in [0, 0.05) is 19.4 Å². The highest BCUT2D eigenvalue weighted by atomic mass is 16.4. The van der Waals surface area contributed by atoms with E-state index in [1.54, 1.807) is 6.07 Å². The molecule has 5 heteroatoms. The van der Waals surface area contributed by atoms with Gasteiger partial charge in [0.25, 0.3) is 0 Å². The maximum absolute atomic E-state index is 12.2. The van der Waals surface area contributed by atoms with E-state index in [-0.39, 0.29) is 17.7 Å². The van der Waals surface area contributed by atoms with Crippen molar-refractivity contribution < 1.29 is 19.1 Å². The second-order valence-corrected chi connectivity index (χ2v) is 6.80. The van der Waals surface area contributed by atoms with Crippen LogP contribution in [0.25, 0.3) is 0 Å². The molecule has 1 aliphatic rings. The third kappa shape index (κ3) is 5.61. The van der Waals surface area contributed by atoms with E-state index in [1.807, 2.05) is 4.90 Å². The van der Waals surface area contributed by atoms with Gasteiger partial charge in [0.1, 0.15) is 5.76 Å². The summed E-state index contributed by atoms with van der Waals surface area (Å²) in [6.07, 6.45) is 12.8. The minimum Gasteiger partial charge on any atom is -0.475 e. The van der Waals surface area contributed by atoms with E-state index in [9.17, 15) is 9.59 Å². The summed E-state index contributed by atoms with van der Waals surface area (Å²) in [7, 11) is 0. The Hall–Kier alpha value is -2.30. The molecule has 1 amide bonds. The minimum absolute atomic E-state index is 0.0382. The van der Waals surface area contributed by atoms with E-state index in [0.717, 1.165) is 19.3 Å². The topological polar surface area (TPSA) is 70.8 Å². The number of rotatable bonds is 10. The Morgan fingerprint density at radius 2 is 2.19 bits per heavy atom. The number of carbonyl (C=O) groups excluding carboxylic acids is 1. The third-order valence-electron chi connectivity index (χ3n) is 4.77. The van der Waals surface area contributed by atoms with Crippen molar-refractivity contribution in [3.63, 3.8) is 0 Å². The van der Waals surface area contributed by atoms with Crippen LogP contribution in [-0.2, 0) is 11.2 Å². The fraction of sp³-hybridized carbons (Fsp3) is 0.524. The van der Waals surface area contributed by atoms with Crippen molar-refractivity contribution in [2.45, 2.75) is 64.8 Å². The first-order chi connectivity index (χ1) is 12.5. The zero-order chi connectivity index (χ0) is 18.9. The Labute approximate surface area is 155 Å². The predicted octanol–water partition coefficient (Wildman–Crippen LogP) is 4.59. The second-order valence-electron chi connectivity index (χ2n) is 6.80. The molecule has 0 aromatic carbocycles. The van der Waals surface area contributed by atoms with Gasteiger partial charge >= 0.3 is 5.97 Å². The molecule has 5 nitrogen and oxygen atoms in total. The summed E-state index contributed by atoms with van der Waals surface area (Å²) in [6.45, 7) is 4.94. The van der Waals surface area contributed by atoms with Crippen LogP contribution in [0, 0.1) is 0 Å². The summed E-state index contributed by atoms with van der Waals surface area (Å²) in [5.41, 5.74) is 1.22. The average molecular weight is 359 g/mol. The third-order valence-corrected chi connectivity index (χ3v) is 4.77. The van der Waals surface area contributed by atoms with Crippen LogP contribution in [0.2, 0.25) is 0 Å². The molecule has 0 aliphatic carbocycles.